The first-order valence-electron chi connectivity index (χ1n) is 6.51. The Morgan fingerprint density at radius 3 is 2.86 bits per heavy atom. The van der Waals surface area contributed by atoms with Gasteiger partial charge in [0.2, 0.25) is 5.91 Å². The molecule has 1 aliphatic rings. The van der Waals surface area contributed by atoms with Gasteiger partial charge in [0.15, 0.2) is 0 Å². The lowest BCUT2D eigenvalue weighted by atomic mass is 10.0. The summed E-state index contributed by atoms with van der Waals surface area (Å²) in [6, 6.07) is 5.15. The van der Waals surface area contributed by atoms with Crippen molar-refractivity contribution < 1.29 is 14.7 Å². The van der Waals surface area contributed by atoms with Crippen LogP contribution in [0.3, 0.4) is 0 Å². The third-order valence-corrected chi connectivity index (χ3v) is 3.54. The molecule has 0 aromatic carbocycles. The van der Waals surface area contributed by atoms with E-state index in [0.717, 1.165) is 11.4 Å². The number of amides is 1. The fraction of sp³-hybridized carbons (Fsp3) is 0.200. The Balaban J connectivity index is 2.03. The molecular weight excluding hydrogens is 270 g/mol. The molecule has 0 radical (unpaired) electrons. The number of carbonyl (C=O) groups excluding carboxylic acids is 1. The summed E-state index contributed by atoms with van der Waals surface area (Å²) < 4.78 is 0. The van der Waals surface area contributed by atoms with Crippen molar-refractivity contribution in [3.05, 3.63) is 41.9 Å². The van der Waals surface area contributed by atoms with Gasteiger partial charge >= 0.3 is 5.97 Å². The zero-order chi connectivity index (χ0) is 15.0. The monoisotopic (exact) mass is 283 g/mol. The third kappa shape index (κ3) is 2.35. The lowest BCUT2D eigenvalue weighted by Gasteiger charge is -2.25. The number of hydrogen-bond acceptors (Lipinski definition) is 4. The molecule has 0 unspecified atom stereocenters. The number of aromatic nitrogens is 2. The Labute approximate surface area is 121 Å². The summed E-state index contributed by atoms with van der Waals surface area (Å²) in [4.78, 5) is 32.7. The van der Waals surface area contributed by atoms with Crippen LogP contribution in [0.2, 0.25) is 0 Å². The van der Waals surface area contributed by atoms with Gasteiger partial charge in [-0.25, -0.2) is 4.79 Å². The van der Waals surface area contributed by atoms with Gasteiger partial charge in [0, 0.05) is 37.8 Å². The first-order valence-corrected chi connectivity index (χ1v) is 6.51. The molecule has 0 spiro atoms. The number of hydrogen-bond donors (Lipinski definition) is 1. The molecule has 2 aromatic rings. The highest BCUT2D eigenvalue weighted by molar-refractivity contribution is 5.95. The summed E-state index contributed by atoms with van der Waals surface area (Å²) in [6.07, 6.45) is 3.92. The second-order valence-electron chi connectivity index (χ2n) is 4.88. The highest BCUT2D eigenvalue weighted by Gasteiger charge is 2.22. The maximum absolute atomic E-state index is 11.7. The number of carboxylic acids is 1. The second kappa shape index (κ2) is 4.97. The maximum Gasteiger partial charge on any atom is 0.337 e. The van der Waals surface area contributed by atoms with Crippen LogP contribution < -0.4 is 4.90 Å². The highest BCUT2D eigenvalue weighted by atomic mass is 16.4. The van der Waals surface area contributed by atoms with Crippen LogP contribution in [0.5, 0.6) is 0 Å². The van der Waals surface area contributed by atoms with Gasteiger partial charge < -0.3 is 10.0 Å². The molecule has 0 fully saturated rings. The molecule has 3 rings (SSSR count). The maximum atomic E-state index is 11.7. The van der Waals surface area contributed by atoms with Gasteiger partial charge in [-0.3, -0.25) is 14.8 Å². The zero-order valence-electron chi connectivity index (χ0n) is 11.4. The summed E-state index contributed by atoms with van der Waals surface area (Å²) in [7, 11) is 1.73. The Bertz CT molecular complexity index is 743. The van der Waals surface area contributed by atoms with Crippen molar-refractivity contribution in [3.8, 4) is 11.3 Å². The number of rotatable bonds is 2. The Kier molecular flexibility index (Phi) is 3.13. The number of aromatic carboxylic acids is 1. The van der Waals surface area contributed by atoms with Crippen molar-refractivity contribution in [2.24, 2.45) is 0 Å². The lowest BCUT2D eigenvalue weighted by Crippen LogP contribution is -2.31. The van der Waals surface area contributed by atoms with Crippen molar-refractivity contribution in [3.63, 3.8) is 0 Å². The standard InChI is InChI=1S/C15H13N3O3/c1-18-13-4-2-11(17-12(13)3-5-14(18)19)9-6-10(15(20)21)8-16-7-9/h2,4,6-8H,3,5H2,1H3,(H,20,21). The average molecular weight is 283 g/mol. The van der Waals surface area contributed by atoms with Crippen LogP contribution in [-0.4, -0.2) is 34.0 Å². The number of anilines is 1. The van der Waals surface area contributed by atoms with E-state index in [9.17, 15) is 9.59 Å². The van der Waals surface area contributed by atoms with Crippen molar-refractivity contribution >= 4 is 17.6 Å². The van der Waals surface area contributed by atoms with Crippen molar-refractivity contribution in [2.45, 2.75) is 12.8 Å². The van der Waals surface area contributed by atoms with Crippen LogP contribution in [0.15, 0.2) is 30.6 Å². The number of carboxylic acid groups (broad SMARTS) is 1. The molecule has 0 saturated carbocycles. The summed E-state index contributed by atoms with van der Waals surface area (Å²) >= 11 is 0. The predicted octanol–water partition coefficient (Wildman–Crippen LogP) is 1.75. The van der Waals surface area contributed by atoms with Crippen LogP contribution in [-0.2, 0) is 11.2 Å². The first kappa shape index (κ1) is 13.2. The van der Waals surface area contributed by atoms with E-state index in [1.807, 2.05) is 6.07 Å². The number of pyridine rings is 2. The average Bonchev–Trinajstić information content (AvgIpc) is 2.51. The zero-order valence-corrected chi connectivity index (χ0v) is 11.4. The molecule has 0 bridgehead atoms. The highest BCUT2D eigenvalue weighted by Crippen LogP contribution is 2.28. The number of aryl methyl sites for hydroxylation is 1. The van der Waals surface area contributed by atoms with Gasteiger partial charge in [-0.2, -0.15) is 0 Å². The third-order valence-electron chi connectivity index (χ3n) is 3.54. The van der Waals surface area contributed by atoms with Crippen LogP contribution in [0.1, 0.15) is 22.5 Å². The molecule has 1 aliphatic heterocycles. The Morgan fingerprint density at radius 2 is 2.10 bits per heavy atom. The fourth-order valence-electron chi connectivity index (χ4n) is 2.37. The first-order chi connectivity index (χ1) is 10.1. The number of fused-ring (bicyclic) bond motifs is 1. The minimum atomic E-state index is -1.02. The SMILES string of the molecule is CN1C(=O)CCc2nc(-c3cncc(C(=O)O)c3)ccc21. The van der Waals surface area contributed by atoms with E-state index < -0.39 is 5.97 Å². The molecule has 2 aromatic heterocycles. The molecule has 21 heavy (non-hydrogen) atoms. The van der Waals surface area contributed by atoms with Crippen molar-refractivity contribution in [1.82, 2.24) is 9.97 Å². The van der Waals surface area contributed by atoms with Crippen molar-refractivity contribution in [1.29, 1.82) is 0 Å². The molecule has 6 nitrogen and oxygen atoms in total. The summed E-state index contributed by atoms with van der Waals surface area (Å²) in [5, 5.41) is 9.01. The van der Waals surface area contributed by atoms with Gasteiger partial charge in [0.1, 0.15) is 0 Å². The summed E-state index contributed by atoms with van der Waals surface area (Å²) in [5.74, 6) is -0.945. The Morgan fingerprint density at radius 1 is 1.29 bits per heavy atom. The molecule has 6 heteroatoms. The molecular formula is C15H13N3O3. The van der Waals surface area contributed by atoms with E-state index in [4.69, 9.17) is 5.11 Å². The predicted molar refractivity (Wildman–Crippen MR) is 76.2 cm³/mol. The second-order valence-corrected chi connectivity index (χ2v) is 4.88. The quantitative estimate of drug-likeness (QED) is 0.907. The molecule has 1 N–H and O–H groups in total. The van der Waals surface area contributed by atoms with Gasteiger partial charge in [0.25, 0.3) is 0 Å². The Hall–Kier alpha value is -2.76. The van der Waals surface area contributed by atoms with E-state index in [0.29, 0.717) is 24.1 Å². The topological polar surface area (TPSA) is 83.4 Å². The van der Waals surface area contributed by atoms with Crippen molar-refractivity contribution in [2.75, 3.05) is 11.9 Å². The van der Waals surface area contributed by atoms with Gasteiger partial charge in [-0.1, -0.05) is 0 Å². The normalized spacial score (nSPS) is 14.0. The number of carbonyl (C=O) groups is 2. The molecule has 3 heterocycles. The molecule has 0 atom stereocenters. The molecule has 0 saturated heterocycles. The van der Waals surface area contributed by atoms with E-state index in [1.165, 1.54) is 6.20 Å². The van der Waals surface area contributed by atoms with E-state index in [2.05, 4.69) is 9.97 Å². The van der Waals surface area contributed by atoms with E-state index in [-0.39, 0.29) is 11.5 Å². The van der Waals surface area contributed by atoms with Crippen LogP contribution in [0.4, 0.5) is 5.69 Å². The fourth-order valence-corrected chi connectivity index (χ4v) is 2.37. The van der Waals surface area contributed by atoms with Gasteiger partial charge in [0.05, 0.1) is 22.6 Å². The molecule has 1 amide bonds. The largest absolute Gasteiger partial charge is 0.478 e. The molecule has 0 aliphatic carbocycles. The van der Waals surface area contributed by atoms with E-state index >= 15 is 0 Å². The van der Waals surface area contributed by atoms with Gasteiger partial charge in [-0.05, 0) is 18.2 Å². The number of nitrogens with zero attached hydrogens (tertiary/aromatic N) is 3. The van der Waals surface area contributed by atoms with E-state index in [1.54, 1.807) is 30.3 Å². The lowest BCUT2D eigenvalue weighted by molar-refractivity contribution is -0.118. The summed E-state index contributed by atoms with van der Waals surface area (Å²) in [5.41, 5.74) is 3.08. The van der Waals surface area contributed by atoms with Crippen LogP contribution >= 0.6 is 0 Å². The smallest absolute Gasteiger partial charge is 0.337 e. The van der Waals surface area contributed by atoms with Crippen LogP contribution in [0.25, 0.3) is 11.3 Å². The molecule has 106 valence electrons. The summed E-state index contributed by atoms with van der Waals surface area (Å²) in [6.45, 7) is 0. The minimum Gasteiger partial charge on any atom is -0.478 e. The minimum absolute atomic E-state index is 0.0755. The van der Waals surface area contributed by atoms with Gasteiger partial charge in [-0.15, -0.1) is 0 Å². The van der Waals surface area contributed by atoms with Crippen LogP contribution in [0, 0.1) is 0 Å².